The molecular weight excluding hydrogens is 248 g/mol. The summed E-state index contributed by atoms with van der Waals surface area (Å²) in [6.45, 7) is 2.22. The van der Waals surface area contributed by atoms with Gasteiger partial charge in [0.1, 0.15) is 17.1 Å². The Morgan fingerprint density at radius 2 is 2.28 bits per heavy atom. The number of benzene rings is 1. The minimum Gasteiger partial charge on any atom is -0.497 e. The summed E-state index contributed by atoms with van der Waals surface area (Å²) in [7, 11) is 1.63. The third-order valence-electron chi connectivity index (χ3n) is 3.76. The zero-order valence-electron chi connectivity index (χ0n) is 10.7. The van der Waals surface area contributed by atoms with Crippen molar-refractivity contribution in [1.82, 2.24) is 0 Å². The van der Waals surface area contributed by atoms with Gasteiger partial charge >= 0.3 is 0 Å². The maximum absolute atomic E-state index is 10.3. The molecule has 1 aromatic rings. The van der Waals surface area contributed by atoms with Crippen molar-refractivity contribution in [1.29, 1.82) is 0 Å². The zero-order chi connectivity index (χ0) is 12.8. The third kappa shape index (κ3) is 1.97. The van der Waals surface area contributed by atoms with Gasteiger partial charge in [0.05, 0.1) is 13.2 Å². The Hall–Kier alpha value is -0.870. The first-order valence-corrected chi connectivity index (χ1v) is 7.33. The summed E-state index contributed by atoms with van der Waals surface area (Å²) in [5.41, 5.74) is 0.676. The van der Waals surface area contributed by atoms with Crippen LogP contribution in [0.15, 0.2) is 18.2 Å². The fraction of sp³-hybridized carbons (Fsp3) is 0.571. The van der Waals surface area contributed by atoms with Gasteiger partial charge in [-0.05, 0) is 24.6 Å². The van der Waals surface area contributed by atoms with Crippen molar-refractivity contribution in [3.8, 4) is 11.5 Å². The summed E-state index contributed by atoms with van der Waals surface area (Å²) in [4.78, 5) is 0. The van der Waals surface area contributed by atoms with Crippen molar-refractivity contribution in [2.24, 2.45) is 0 Å². The first kappa shape index (κ1) is 12.2. The highest BCUT2D eigenvalue weighted by atomic mass is 32.2. The predicted molar refractivity (Wildman–Crippen MR) is 72.5 cm³/mol. The Balaban J connectivity index is 1.93. The number of thioether (sulfide) groups is 1. The van der Waals surface area contributed by atoms with Crippen molar-refractivity contribution in [2.75, 3.05) is 12.9 Å². The molecule has 0 amide bonds. The van der Waals surface area contributed by atoms with Gasteiger partial charge in [0.15, 0.2) is 0 Å². The highest BCUT2D eigenvalue weighted by Gasteiger charge is 2.45. The fourth-order valence-electron chi connectivity index (χ4n) is 2.89. The molecule has 3 rings (SSSR count). The SMILES string of the molecule is COc1ccc2c(c1)[C@H](O)CC1(CSC(C)C1)O2. The summed E-state index contributed by atoms with van der Waals surface area (Å²) in [6.07, 6.45) is 1.25. The molecule has 98 valence electrons. The molecule has 1 aromatic carbocycles. The van der Waals surface area contributed by atoms with Crippen molar-refractivity contribution in [3.63, 3.8) is 0 Å². The smallest absolute Gasteiger partial charge is 0.126 e. The summed E-state index contributed by atoms with van der Waals surface area (Å²) in [5, 5.41) is 11.0. The molecule has 3 nitrogen and oxygen atoms in total. The van der Waals surface area contributed by atoms with E-state index in [2.05, 4.69) is 6.92 Å². The van der Waals surface area contributed by atoms with Crippen LogP contribution in [0.2, 0.25) is 0 Å². The van der Waals surface area contributed by atoms with Gasteiger partial charge in [-0.25, -0.2) is 0 Å². The van der Waals surface area contributed by atoms with Crippen molar-refractivity contribution >= 4 is 11.8 Å². The second kappa shape index (κ2) is 4.35. The van der Waals surface area contributed by atoms with E-state index in [1.807, 2.05) is 30.0 Å². The van der Waals surface area contributed by atoms with E-state index < -0.39 is 6.10 Å². The zero-order valence-corrected chi connectivity index (χ0v) is 11.5. The van der Waals surface area contributed by atoms with Gasteiger partial charge in [0.2, 0.25) is 0 Å². The molecule has 18 heavy (non-hydrogen) atoms. The summed E-state index contributed by atoms with van der Waals surface area (Å²) in [6, 6.07) is 5.67. The predicted octanol–water partition coefficient (Wildman–Crippen LogP) is 2.78. The Morgan fingerprint density at radius 3 is 2.94 bits per heavy atom. The van der Waals surface area contributed by atoms with Crippen LogP contribution in [0.5, 0.6) is 11.5 Å². The number of hydrogen-bond acceptors (Lipinski definition) is 4. The second-order valence-electron chi connectivity index (χ2n) is 5.23. The molecule has 0 aliphatic carbocycles. The lowest BCUT2D eigenvalue weighted by atomic mass is 9.87. The quantitative estimate of drug-likeness (QED) is 0.848. The van der Waals surface area contributed by atoms with Crippen LogP contribution in [-0.4, -0.2) is 28.8 Å². The molecule has 0 bridgehead atoms. The number of ether oxygens (including phenoxy) is 2. The Morgan fingerprint density at radius 1 is 1.44 bits per heavy atom. The lowest BCUT2D eigenvalue weighted by Crippen LogP contribution is -2.41. The van der Waals surface area contributed by atoms with Gasteiger partial charge in [0.25, 0.3) is 0 Å². The van der Waals surface area contributed by atoms with Crippen LogP contribution in [0.3, 0.4) is 0 Å². The molecule has 1 spiro atoms. The van der Waals surface area contributed by atoms with E-state index in [0.717, 1.165) is 29.2 Å². The molecule has 2 unspecified atom stereocenters. The molecule has 1 saturated heterocycles. The standard InChI is InChI=1S/C14H18O3S/c1-9-6-14(8-18-9)7-12(15)11-5-10(16-2)3-4-13(11)17-14/h3-5,9,12,15H,6-8H2,1-2H3/t9?,12-,14?/m1/s1. The number of methoxy groups -OCH3 is 1. The molecule has 4 heteroatoms. The van der Waals surface area contributed by atoms with Crippen LogP contribution in [0.25, 0.3) is 0 Å². The van der Waals surface area contributed by atoms with E-state index in [1.165, 1.54) is 0 Å². The maximum atomic E-state index is 10.3. The van der Waals surface area contributed by atoms with Crippen LogP contribution in [0, 0.1) is 0 Å². The van der Waals surface area contributed by atoms with Gasteiger partial charge in [-0.2, -0.15) is 11.8 Å². The Kier molecular flexibility index (Phi) is 2.94. The molecule has 2 aliphatic rings. The number of aliphatic hydroxyl groups is 1. The summed E-state index contributed by atoms with van der Waals surface area (Å²) >= 11 is 1.93. The normalized spacial score (nSPS) is 34.2. The first-order valence-electron chi connectivity index (χ1n) is 6.28. The lowest BCUT2D eigenvalue weighted by Gasteiger charge is -2.38. The number of fused-ring (bicyclic) bond motifs is 1. The van der Waals surface area contributed by atoms with Crippen molar-refractivity contribution in [3.05, 3.63) is 23.8 Å². The molecule has 2 heterocycles. The summed E-state index contributed by atoms with van der Waals surface area (Å²) in [5.74, 6) is 2.54. The highest BCUT2D eigenvalue weighted by molar-refractivity contribution is 8.00. The number of aliphatic hydroxyl groups excluding tert-OH is 1. The molecule has 0 saturated carbocycles. The maximum Gasteiger partial charge on any atom is 0.126 e. The summed E-state index contributed by atoms with van der Waals surface area (Å²) < 4.78 is 11.4. The van der Waals surface area contributed by atoms with E-state index in [0.29, 0.717) is 11.7 Å². The molecule has 1 fully saturated rings. The van der Waals surface area contributed by atoms with E-state index in [1.54, 1.807) is 7.11 Å². The molecule has 0 aromatic heterocycles. The van der Waals surface area contributed by atoms with Gasteiger partial charge in [-0.1, -0.05) is 6.92 Å². The molecule has 3 atom stereocenters. The van der Waals surface area contributed by atoms with Gasteiger partial charge in [0, 0.05) is 23.0 Å². The highest BCUT2D eigenvalue weighted by Crippen LogP contribution is 2.48. The number of rotatable bonds is 1. The molecular formula is C14H18O3S. The average molecular weight is 266 g/mol. The van der Waals surface area contributed by atoms with Crippen LogP contribution >= 0.6 is 11.8 Å². The monoisotopic (exact) mass is 266 g/mol. The third-order valence-corrected chi connectivity index (χ3v) is 5.19. The topological polar surface area (TPSA) is 38.7 Å². The van der Waals surface area contributed by atoms with E-state index in [9.17, 15) is 5.11 Å². The largest absolute Gasteiger partial charge is 0.497 e. The fourth-order valence-corrected chi connectivity index (χ4v) is 4.20. The van der Waals surface area contributed by atoms with E-state index >= 15 is 0 Å². The van der Waals surface area contributed by atoms with Crippen LogP contribution in [-0.2, 0) is 0 Å². The van der Waals surface area contributed by atoms with Crippen LogP contribution in [0.1, 0.15) is 31.4 Å². The lowest BCUT2D eigenvalue weighted by molar-refractivity contribution is 0.00135. The van der Waals surface area contributed by atoms with Crippen molar-refractivity contribution < 1.29 is 14.6 Å². The first-order chi connectivity index (χ1) is 8.62. The second-order valence-corrected chi connectivity index (χ2v) is 6.66. The number of hydrogen-bond donors (Lipinski definition) is 1. The van der Waals surface area contributed by atoms with Gasteiger partial charge < -0.3 is 14.6 Å². The minimum absolute atomic E-state index is 0.176. The van der Waals surface area contributed by atoms with Gasteiger partial charge in [-0.3, -0.25) is 0 Å². The van der Waals surface area contributed by atoms with Gasteiger partial charge in [-0.15, -0.1) is 0 Å². The van der Waals surface area contributed by atoms with Crippen LogP contribution in [0.4, 0.5) is 0 Å². The Bertz CT molecular complexity index is 462. The van der Waals surface area contributed by atoms with Crippen LogP contribution < -0.4 is 9.47 Å². The Labute approximate surface area is 111 Å². The van der Waals surface area contributed by atoms with E-state index in [4.69, 9.17) is 9.47 Å². The average Bonchev–Trinajstić information content (AvgIpc) is 2.70. The minimum atomic E-state index is -0.449. The molecule has 0 radical (unpaired) electrons. The van der Waals surface area contributed by atoms with Crippen molar-refractivity contribution in [2.45, 2.75) is 36.7 Å². The molecule has 2 aliphatic heterocycles. The molecule has 1 N–H and O–H groups in total. The van der Waals surface area contributed by atoms with E-state index in [-0.39, 0.29) is 5.60 Å².